The van der Waals surface area contributed by atoms with E-state index in [-0.39, 0.29) is 6.54 Å². The number of carbonyl (C=O) groups is 1. The van der Waals surface area contributed by atoms with E-state index < -0.39 is 17.8 Å². The fourth-order valence-electron chi connectivity index (χ4n) is 2.07. The number of nitrogens with one attached hydrogen (secondary N) is 1. The highest BCUT2D eigenvalue weighted by molar-refractivity contribution is 5.90. The maximum absolute atomic E-state index is 12.4. The van der Waals surface area contributed by atoms with Crippen molar-refractivity contribution in [2.24, 2.45) is 0 Å². The molecule has 2 heterocycles. The van der Waals surface area contributed by atoms with E-state index in [1.54, 1.807) is 18.2 Å². The summed E-state index contributed by atoms with van der Waals surface area (Å²) >= 11 is 0. The van der Waals surface area contributed by atoms with Crippen molar-refractivity contribution in [1.82, 2.24) is 9.78 Å². The van der Waals surface area contributed by atoms with Gasteiger partial charge >= 0.3 is 6.18 Å². The molecular weight excluding hydrogens is 315 g/mol. The predicted molar refractivity (Wildman–Crippen MR) is 73.3 cm³/mol. The van der Waals surface area contributed by atoms with Crippen LogP contribution in [0.15, 0.2) is 30.5 Å². The van der Waals surface area contributed by atoms with Gasteiger partial charge in [-0.25, -0.2) is 0 Å². The molecule has 1 aromatic heterocycles. The molecule has 1 aromatic carbocycles. The zero-order valence-corrected chi connectivity index (χ0v) is 11.8. The molecule has 1 amide bonds. The molecule has 0 spiro atoms. The molecule has 0 unspecified atom stereocenters. The van der Waals surface area contributed by atoms with Crippen molar-refractivity contribution < 1.29 is 27.4 Å². The normalized spacial score (nSPS) is 13.7. The number of aromatic nitrogens is 2. The highest BCUT2D eigenvalue weighted by Gasteiger charge is 2.33. The van der Waals surface area contributed by atoms with Crippen molar-refractivity contribution >= 4 is 11.6 Å². The summed E-state index contributed by atoms with van der Waals surface area (Å²) in [6.45, 7) is 0.544. The van der Waals surface area contributed by atoms with Gasteiger partial charge in [0.25, 0.3) is 0 Å². The number of fused-ring (bicyclic) bond motifs is 1. The van der Waals surface area contributed by atoms with Gasteiger partial charge in [-0.3, -0.25) is 9.48 Å². The van der Waals surface area contributed by atoms with Crippen LogP contribution >= 0.6 is 0 Å². The summed E-state index contributed by atoms with van der Waals surface area (Å²) in [4.78, 5) is 11.9. The average molecular weight is 327 g/mol. The maximum atomic E-state index is 12.4. The van der Waals surface area contributed by atoms with E-state index in [9.17, 15) is 18.0 Å². The lowest BCUT2D eigenvalue weighted by Crippen LogP contribution is -2.20. The fraction of sp³-hybridized carbons (Fsp3) is 0.286. The molecule has 1 aliphatic heterocycles. The molecule has 0 aliphatic carbocycles. The molecule has 1 N–H and O–H groups in total. The maximum Gasteiger partial charge on any atom is 0.435 e. The van der Waals surface area contributed by atoms with Crippen LogP contribution in [-0.2, 0) is 17.5 Å². The molecule has 1 aliphatic rings. The molecule has 0 radical (unpaired) electrons. The number of alkyl halides is 3. The number of ether oxygens (including phenoxy) is 2. The van der Waals surface area contributed by atoms with E-state index in [0.717, 1.165) is 16.9 Å². The SMILES string of the molecule is O=C(Cn1ccc(C(F)(F)F)n1)Nc1ccc2c(c1)OCCO2. The van der Waals surface area contributed by atoms with E-state index in [0.29, 0.717) is 30.4 Å². The lowest BCUT2D eigenvalue weighted by atomic mass is 10.2. The lowest BCUT2D eigenvalue weighted by Gasteiger charge is -2.19. The lowest BCUT2D eigenvalue weighted by molar-refractivity contribution is -0.141. The number of hydrogen-bond acceptors (Lipinski definition) is 4. The molecule has 0 bridgehead atoms. The van der Waals surface area contributed by atoms with E-state index in [2.05, 4.69) is 10.4 Å². The standard InChI is InChI=1S/C14H12F3N3O3/c15-14(16,17)12-3-4-20(19-12)8-13(21)18-9-1-2-10-11(7-9)23-6-5-22-10/h1-4,7H,5-6,8H2,(H,18,21). The Bertz CT molecular complexity index is 728. The smallest absolute Gasteiger partial charge is 0.435 e. The number of benzene rings is 1. The molecule has 0 atom stereocenters. The minimum Gasteiger partial charge on any atom is -0.486 e. The first kappa shape index (κ1) is 15.2. The number of hydrogen-bond donors (Lipinski definition) is 1. The Kier molecular flexibility index (Phi) is 3.85. The summed E-state index contributed by atoms with van der Waals surface area (Å²) in [7, 11) is 0. The van der Waals surface area contributed by atoms with Crippen molar-refractivity contribution in [3.8, 4) is 11.5 Å². The van der Waals surface area contributed by atoms with Crippen LogP contribution in [0.3, 0.4) is 0 Å². The highest BCUT2D eigenvalue weighted by atomic mass is 19.4. The molecule has 0 saturated heterocycles. The summed E-state index contributed by atoms with van der Waals surface area (Å²) in [5, 5.41) is 5.89. The van der Waals surface area contributed by atoms with Gasteiger partial charge in [0.15, 0.2) is 17.2 Å². The number of carbonyl (C=O) groups excluding carboxylic acids is 1. The Hall–Kier alpha value is -2.71. The van der Waals surface area contributed by atoms with E-state index in [1.807, 2.05) is 0 Å². The van der Waals surface area contributed by atoms with Crippen LogP contribution < -0.4 is 14.8 Å². The van der Waals surface area contributed by atoms with E-state index in [1.165, 1.54) is 0 Å². The largest absolute Gasteiger partial charge is 0.486 e. The first-order valence-electron chi connectivity index (χ1n) is 6.72. The van der Waals surface area contributed by atoms with Crippen molar-refractivity contribution in [3.05, 3.63) is 36.2 Å². The first-order chi connectivity index (χ1) is 10.9. The van der Waals surface area contributed by atoms with Crippen LogP contribution in [0.1, 0.15) is 5.69 Å². The van der Waals surface area contributed by atoms with Crippen LogP contribution in [0.2, 0.25) is 0 Å². The molecule has 0 fully saturated rings. The number of anilines is 1. The molecule has 9 heteroatoms. The molecular formula is C14H12F3N3O3. The summed E-state index contributed by atoms with van der Waals surface area (Å²) < 4.78 is 49.0. The van der Waals surface area contributed by atoms with Gasteiger partial charge in [0.05, 0.1) is 0 Å². The summed E-state index contributed by atoms with van der Waals surface area (Å²) in [6, 6.07) is 5.68. The van der Waals surface area contributed by atoms with E-state index in [4.69, 9.17) is 9.47 Å². The summed E-state index contributed by atoms with van der Waals surface area (Å²) in [6.07, 6.45) is -3.43. The van der Waals surface area contributed by atoms with Gasteiger partial charge in [0.1, 0.15) is 19.8 Å². The second kappa shape index (κ2) is 5.82. The molecule has 6 nitrogen and oxygen atoms in total. The Labute approximate surface area is 128 Å². The van der Waals surface area contributed by atoms with Crippen molar-refractivity contribution in [2.45, 2.75) is 12.7 Å². The fourth-order valence-corrected chi connectivity index (χ4v) is 2.07. The minimum absolute atomic E-state index is 0.329. The Morgan fingerprint density at radius 2 is 1.96 bits per heavy atom. The van der Waals surface area contributed by atoms with Crippen LogP contribution in [0.5, 0.6) is 11.5 Å². The Morgan fingerprint density at radius 1 is 1.22 bits per heavy atom. The molecule has 2 aromatic rings. The van der Waals surface area contributed by atoms with Gasteiger partial charge in [0, 0.05) is 18.0 Å². The number of halogens is 3. The van der Waals surface area contributed by atoms with Crippen molar-refractivity contribution in [2.75, 3.05) is 18.5 Å². The molecule has 0 saturated carbocycles. The number of rotatable bonds is 3. The second-order valence-corrected chi connectivity index (χ2v) is 4.80. The van der Waals surface area contributed by atoms with Crippen LogP contribution in [-0.4, -0.2) is 28.9 Å². The van der Waals surface area contributed by atoms with E-state index >= 15 is 0 Å². The minimum atomic E-state index is -4.53. The van der Waals surface area contributed by atoms with Crippen molar-refractivity contribution in [1.29, 1.82) is 0 Å². The van der Waals surface area contributed by atoms with Gasteiger partial charge in [-0.15, -0.1) is 0 Å². The quantitative estimate of drug-likeness (QED) is 0.939. The van der Waals surface area contributed by atoms with Crippen molar-refractivity contribution in [3.63, 3.8) is 0 Å². The van der Waals surface area contributed by atoms with Crippen LogP contribution in [0.4, 0.5) is 18.9 Å². The number of amides is 1. The van der Waals surface area contributed by atoms with Gasteiger partial charge in [-0.1, -0.05) is 0 Å². The zero-order chi connectivity index (χ0) is 16.4. The van der Waals surface area contributed by atoms with Crippen LogP contribution in [0, 0.1) is 0 Å². The highest BCUT2D eigenvalue weighted by Crippen LogP contribution is 2.32. The molecule has 23 heavy (non-hydrogen) atoms. The monoisotopic (exact) mass is 327 g/mol. The van der Waals surface area contributed by atoms with Crippen LogP contribution in [0.25, 0.3) is 0 Å². The third kappa shape index (κ3) is 3.55. The topological polar surface area (TPSA) is 65.4 Å². The van der Waals surface area contributed by atoms with Gasteiger partial charge in [0.2, 0.25) is 5.91 Å². The third-order valence-electron chi connectivity index (χ3n) is 3.06. The third-order valence-corrected chi connectivity index (χ3v) is 3.06. The molecule has 3 rings (SSSR count). The summed E-state index contributed by atoms with van der Waals surface area (Å²) in [5.74, 6) is 0.585. The Morgan fingerprint density at radius 3 is 2.65 bits per heavy atom. The molecule has 122 valence electrons. The Balaban J connectivity index is 1.64. The average Bonchev–Trinajstić information content (AvgIpc) is 2.95. The van der Waals surface area contributed by atoms with Gasteiger partial charge < -0.3 is 14.8 Å². The van der Waals surface area contributed by atoms with Gasteiger partial charge in [-0.2, -0.15) is 18.3 Å². The second-order valence-electron chi connectivity index (χ2n) is 4.80. The summed E-state index contributed by atoms with van der Waals surface area (Å²) in [5.41, 5.74) is -0.577. The first-order valence-corrected chi connectivity index (χ1v) is 6.72. The number of nitrogens with zero attached hydrogens (tertiary/aromatic N) is 2. The van der Waals surface area contributed by atoms with Gasteiger partial charge in [-0.05, 0) is 18.2 Å². The zero-order valence-electron chi connectivity index (χ0n) is 11.8. The predicted octanol–water partition coefficient (Wildman–Crippen LogP) is 2.31.